The summed E-state index contributed by atoms with van der Waals surface area (Å²) in [7, 11) is 0. The van der Waals surface area contributed by atoms with Gasteiger partial charge in [0.05, 0.1) is 13.2 Å². The van der Waals surface area contributed by atoms with Crippen molar-refractivity contribution in [2.75, 3.05) is 13.2 Å². The van der Waals surface area contributed by atoms with E-state index in [9.17, 15) is 4.79 Å². The van der Waals surface area contributed by atoms with Crippen molar-refractivity contribution in [1.29, 1.82) is 0 Å². The quantitative estimate of drug-likeness (QED) is 0.744. The van der Waals surface area contributed by atoms with E-state index in [2.05, 4.69) is 6.92 Å². The third-order valence-corrected chi connectivity index (χ3v) is 4.22. The predicted octanol–water partition coefficient (Wildman–Crippen LogP) is 1.47. The number of nitrogens with two attached hydrogens (primary N) is 1. The second-order valence-electron chi connectivity index (χ2n) is 5.83. The molecule has 4 nitrogen and oxygen atoms in total. The molecule has 1 saturated heterocycles. The summed E-state index contributed by atoms with van der Waals surface area (Å²) in [4.78, 5) is 12.1. The molecule has 2 unspecified atom stereocenters. The molecule has 17 heavy (non-hydrogen) atoms. The molecule has 2 atom stereocenters. The average molecular weight is 241 g/mol. The minimum atomic E-state index is -0.650. The molecule has 0 bridgehead atoms. The van der Waals surface area contributed by atoms with E-state index in [4.69, 9.17) is 15.2 Å². The Hall–Kier alpha value is -0.610. The second kappa shape index (κ2) is 4.94. The molecule has 2 aliphatic rings. The van der Waals surface area contributed by atoms with Crippen molar-refractivity contribution in [3.8, 4) is 0 Å². The molecular formula is C13H23NO3. The van der Waals surface area contributed by atoms with Crippen molar-refractivity contribution < 1.29 is 14.3 Å². The Labute approximate surface area is 103 Å². The summed E-state index contributed by atoms with van der Waals surface area (Å²) in [6, 6.07) is -0.238. The number of carbonyl (C=O) groups is 1. The molecular weight excluding hydrogens is 218 g/mol. The Morgan fingerprint density at radius 2 is 2.00 bits per heavy atom. The summed E-state index contributed by atoms with van der Waals surface area (Å²) in [6.07, 6.45) is 4.36. The van der Waals surface area contributed by atoms with Crippen molar-refractivity contribution in [3.63, 3.8) is 0 Å². The van der Waals surface area contributed by atoms with Gasteiger partial charge in [-0.2, -0.15) is 0 Å². The lowest BCUT2D eigenvalue weighted by molar-refractivity contribution is -0.163. The number of rotatable bonds is 2. The number of hydrogen-bond acceptors (Lipinski definition) is 4. The molecule has 1 aliphatic heterocycles. The molecule has 98 valence electrons. The van der Waals surface area contributed by atoms with Crippen LogP contribution in [-0.4, -0.2) is 31.3 Å². The minimum Gasteiger partial charge on any atom is -0.462 e. The zero-order valence-electron chi connectivity index (χ0n) is 10.8. The molecule has 2 rings (SSSR count). The van der Waals surface area contributed by atoms with Crippen molar-refractivity contribution >= 4 is 5.97 Å². The monoisotopic (exact) mass is 241 g/mol. The lowest BCUT2D eigenvalue weighted by Gasteiger charge is -2.31. The zero-order valence-corrected chi connectivity index (χ0v) is 10.8. The fourth-order valence-corrected chi connectivity index (χ4v) is 2.53. The van der Waals surface area contributed by atoms with Crippen LogP contribution in [0.3, 0.4) is 0 Å². The van der Waals surface area contributed by atoms with Crippen LogP contribution in [-0.2, 0) is 14.3 Å². The van der Waals surface area contributed by atoms with Crippen molar-refractivity contribution in [1.82, 2.24) is 0 Å². The zero-order chi connectivity index (χ0) is 12.5. The first-order valence-electron chi connectivity index (χ1n) is 6.57. The van der Waals surface area contributed by atoms with Gasteiger partial charge in [-0.05, 0) is 38.5 Å². The van der Waals surface area contributed by atoms with E-state index in [1.165, 1.54) is 0 Å². The fourth-order valence-electron chi connectivity index (χ4n) is 2.53. The van der Waals surface area contributed by atoms with Gasteiger partial charge in [0.1, 0.15) is 11.5 Å². The van der Waals surface area contributed by atoms with Crippen LogP contribution >= 0.6 is 0 Å². The largest absolute Gasteiger partial charge is 0.462 e. The van der Waals surface area contributed by atoms with E-state index in [1.54, 1.807) is 0 Å². The predicted molar refractivity (Wildman–Crippen MR) is 64.4 cm³/mol. The Balaban J connectivity index is 1.88. The van der Waals surface area contributed by atoms with Gasteiger partial charge in [0, 0.05) is 6.04 Å². The second-order valence-corrected chi connectivity index (χ2v) is 5.83. The minimum absolute atomic E-state index is 0.0864. The molecule has 1 heterocycles. The van der Waals surface area contributed by atoms with Gasteiger partial charge in [-0.15, -0.1) is 0 Å². The average Bonchev–Trinajstić information content (AvgIpc) is 2.64. The lowest BCUT2D eigenvalue weighted by atomic mass is 9.85. The smallest absolute Gasteiger partial charge is 0.316 e. The highest BCUT2D eigenvalue weighted by molar-refractivity contribution is 5.78. The maximum atomic E-state index is 12.1. The van der Waals surface area contributed by atoms with Gasteiger partial charge in [-0.3, -0.25) is 4.79 Å². The Kier molecular flexibility index (Phi) is 3.73. The highest BCUT2D eigenvalue weighted by Gasteiger charge is 2.46. The number of carbonyl (C=O) groups excluding carboxylic acids is 1. The lowest BCUT2D eigenvalue weighted by Crippen LogP contribution is -2.46. The summed E-state index contributed by atoms with van der Waals surface area (Å²) in [5.41, 5.74) is 5.27. The Morgan fingerprint density at radius 1 is 1.35 bits per heavy atom. The molecule has 0 aromatic heterocycles. The topological polar surface area (TPSA) is 61.5 Å². The van der Waals surface area contributed by atoms with E-state index in [0.717, 1.165) is 31.6 Å². The molecule has 2 fully saturated rings. The van der Waals surface area contributed by atoms with Crippen LogP contribution < -0.4 is 5.73 Å². The van der Waals surface area contributed by atoms with Crippen LogP contribution in [0.1, 0.15) is 39.5 Å². The molecule has 0 amide bonds. The van der Waals surface area contributed by atoms with E-state index in [-0.39, 0.29) is 18.1 Å². The molecule has 0 aromatic carbocycles. The SMILES string of the molecule is CC1CCC(OC(=O)C2(C)COCC2N)CC1. The van der Waals surface area contributed by atoms with Gasteiger partial charge in [-0.25, -0.2) is 0 Å². The summed E-state index contributed by atoms with van der Waals surface area (Å²) < 4.78 is 10.9. The van der Waals surface area contributed by atoms with Crippen molar-refractivity contribution in [2.45, 2.75) is 51.7 Å². The third-order valence-electron chi connectivity index (χ3n) is 4.22. The molecule has 1 saturated carbocycles. The van der Waals surface area contributed by atoms with Crippen LogP contribution in [0.25, 0.3) is 0 Å². The highest BCUT2D eigenvalue weighted by atomic mass is 16.6. The van der Waals surface area contributed by atoms with Gasteiger partial charge in [0.25, 0.3) is 0 Å². The number of ether oxygens (including phenoxy) is 2. The Morgan fingerprint density at radius 3 is 2.53 bits per heavy atom. The first kappa shape index (κ1) is 12.8. The van der Waals surface area contributed by atoms with E-state index < -0.39 is 5.41 Å². The van der Waals surface area contributed by atoms with Crippen LogP contribution in [0.5, 0.6) is 0 Å². The van der Waals surface area contributed by atoms with Gasteiger partial charge in [-0.1, -0.05) is 6.92 Å². The normalized spacial score (nSPS) is 42.4. The van der Waals surface area contributed by atoms with Crippen molar-refractivity contribution in [2.24, 2.45) is 17.1 Å². The maximum absolute atomic E-state index is 12.1. The number of hydrogen-bond donors (Lipinski definition) is 1. The van der Waals surface area contributed by atoms with E-state index in [0.29, 0.717) is 13.2 Å². The van der Waals surface area contributed by atoms with Gasteiger partial charge < -0.3 is 15.2 Å². The molecule has 0 aromatic rings. The fraction of sp³-hybridized carbons (Fsp3) is 0.923. The molecule has 2 N–H and O–H groups in total. The first-order valence-corrected chi connectivity index (χ1v) is 6.57. The van der Waals surface area contributed by atoms with Crippen LogP contribution in [0.15, 0.2) is 0 Å². The Bertz CT molecular complexity index is 286. The van der Waals surface area contributed by atoms with Gasteiger partial charge in [0.15, 0.2) is 0 Å². The highest BCUT2D eigenvalue weighted by Crippen LogP contribution is 2.32. The van der Waals surface area contributed by atoms with Gasteiger partial charge in [0.2, 0.25) is 0 Å². The third kappa shape index (κ3) is 2.63. The summed E-state index contributed by atoms with van der Waals surface area (Å²) >= 11 is 0. The molecule has 4 heteroatoms. The van der Waals surface area contributed by atoms with Crippen LogP contribution in [0, 0.1) is 11.3 Å². The summed E-state index contributed by atoms with van der Waals surface area (Å²) in [5.74, 6) is 0.583. The molecule has 0 radical (unpaired) electrons. The van der Waals surface area contributed by atoms with Crippen LogP contribution in [0.4, 0.5) is 0 Å². The van der Waals surface area contributed by atoms with Crippen molar-refractivity contribution in [3.05, 3.63) is 0 Å². The number of esters is 1. The molecule has 1 aliphatic carbocycles. The molecule has 0 spiro atoms. The maximum Gasteiger partial charge on any atom is 0.316 e. The van der Waals surface area contributed by atoms with E-state index in [1.807, 2.05) is 6.92 Å². The standard InChI is InChI=1S/C13H23NO3/c1-9-3-5-10(6-4-9)17-12(15)13(2)8-16-7-11(13)14/h9-11H,3-8,14H2,1-2H3. The van der Waals surface area contributed by atoms with Gasteiger partial charge >= 0.3 is 5.97 Å². The van der Waals surface area contributed by atoms with E-state index >= 15 is 0 Å². The summed E-state index contributed by atoms with van der Waals surface area (Å²) in [6.45, 7) is 4.93. The summed E-state index contributed by atoms with van der Waals surface area (Å²) in [5, 5.41) is 0. The first-order chi connectivity index (χ1) is 8.02. The van der Waals surface area contributed by atoms with Crippen LogP contribution in [0.2, 0.25) is 0 Å².